The van der Waals surface area contributed by atoms with Gasteiger partial charge in [0, 0.05) is 12.8 Å². The lowest BCUT2D eigenvalue weighted by molar-refractivity contribution is -0.143. The number of carbonyl (C=O) groups is 7. The molecule has 0 radical (unpaired) electrons. The number of amides is 5. The van der Waals surface area contributed by atoms with E-state index >= 15 is 0 Å². The largest absolute Gasteiger partial charge is 0.481 e. The summed E-state index contributed by atoms with van der Waals surface area (Å²) < 4.78 is 0. The zero-order valence-electron chi connectivity index (χ0n) is 22.4. The standard InChI is InChI=1S/C23H40N6O10/c1-10(2)17(28-19(34)12(24)9-30)22(37)27-14(6-8-16(32)33)20(35)26-13(5-7-15(25)31)21(36)29-18(11(3)4)23(38)39/h10-14,17-18,30H,5-9,24H2,1-4H3,(H2,25,31)(H,26,35)(H,27,37)(H,28,34)(H,29,36)(H,32,33)(H,38,39)/t12-,13-,14-,17-,18-/m0/s1. The third kappa shape index (κ3) is 13.0. The number of hydrogen-bond acceptors (Lipinski definition) is 9. The van der Waals surface area contributed by atoms with E-state index in [1.165, 1.54) is 0 Å². The van der Waals surface area contributed by atoms with Gasteiger partial charge in [-0.05, 0) is 24.7 Å². The molecular formula is C23H40N6O10. The van der Waals surface area contributed by atoms with Crippen molar-refractivity contribution in [2.45, 2.75) is 83.6 Å². The number of primary amides is 1. The van der Waals surface area contributed by atoms with Gasteiger partial charge < -0.3 is 48.1 Å². The highest BCUT2D eigenvalue weighted by Gasteiger charge is 2.33. The van der Waals surface area contributed by atoms with Crippen LogP contribution in [0.15, 0.2) is 0 Å². The first-order chi connectivity index (χ1) is 18.0. The minimum atomic E-state index is -1.50. The fourth-order valence-electron chi connectivity index (χ4n) is 3.27. The van der Waals surface area contributed by atoms with E-state index in [9.17, 15) is 38.7 Å². The molecule has 16 heteroatoms. The van der Waals surface area contributed by atoms with Crippen LogP contribution >= 0.6 is 0 Å². The van der Waals surface area contributed by atoms with Crippen molar-refractivity contribution in [3.8, 4) is 0 Å². The highest BCUT2D eigenvalue weighted by atomic mass is 16.4. The van der Waals surface area contributed by atoms with E-state index in [0.29, 0.717) is 0 Å². The maximum absolute atomic E-state index is 13.1. The lowest BCUT2D eigenvalue weighted by Crippen LogP contribution is -2.59. The molecule has 5 atom stereocenters. The molecule has 0 saturated carbocycles. The zero-order valence-corrected chi connectivity index (χ0v) is 22.4. The van der Waals surface area contributed by atoms with Gasteiger partial charge in [0.15, 0.2) is 0 Å². The molecule has 0 spiro atoms. The minimum absolute atomic E-state index is 0.305. The van der Waals surface area contributed by atoms with Crippen LogP contribution in [-0.2, 0) is 33.6 Å². The van der Waals surface area contributed by atoms with E-state index in [1.807, 2.05) is 0 Å². The van der Waals surface area contributed by atoms with Crippen LogP contribution < -0.4 is 32.7 Å². The number of hydrogen-bond donors (Lipinski definition) is 9. The number of aliphatic hydroxyl groups is 1. The Balaban J connectivity index is 5.91. The molecule has 222 valence electrons. The summed E-state index contributed by atoms with van der Waals surface area (Å²) in [5.74, 6) is -8.07. The lowest BCUT2D eigenvalue weighted by Gasteiger charge is -2.27. The van der Waals surface area contributed by atoms with Crippen molar-refractivity contribution >= 4 is 41.5 Å². The van der Waals surface area contributed by atoms with Crippen LogP contribution in [0.4, 0.5) is 0 Å². The number of aliphatic carboxylic acids is 2. The highest BCUT2D eigenvalue weighted by Crippen LogP contribution is 2.08. The third-order valence-electron chi connectivity index (χ3n) is 5.60. The van der Waals surface area contributed by atoms with Gasteiger partial charge in [-0.25, -0.2) is 4.79 Å². The van der Waals surface area contributed by atoms with Crippen LogP contribution in [0, 0.1) is 11.8 Å². The molecule has 0 aliphatic heterocycles. The average molecular weight is 561 g/mol. The molecule has 0 rings (SSSR count). The average Bonchev–Trinajstić information content (AvgIpc) is 2.83. The van der Waals surface area contributed by atoms with Crippen molar-refractivity contribution in [2.75, 3.05) is 6.61 Å². The van der Waals surface area contributed by atoms with Gasteiger partial charge >= 0.3 is 11.9 Å². The predicted molar refractivity (Wildman–Crippen MR) is 135 cm³/mol. The van der Waals surface area contributed by atoms with Crippen LogP contribution in [0.3, 0.4) is 0 Å². The third-order valence-corrected chi connectivity index (χ3v) is 5.60. The molecule has 0 aliphatic rings. The summed E-state index contributed by atoms with van der Waals surface area (Å²) in [6.07, 6.45) is -1.62. The van der Waals surface area contributed by atoms with E-state index in [4.69, 9.17) is 21.7 Å². The second-order valence-electron chi connectivity index (χ2n) is 9.65. The molecule has 11 N–H and O–H groups in total. The Kier molecular flexibility index (Phi) is 15.3. The SMILES string of the molecule is CC(C)[C@H](NC(=O)[C@H](CCC(N)=O)NC(=O)[C@H](CCC(=O)O)NC(=O)[C@@H](NC(=O)[C@@H](N)CO)C(C)C)C(=O)O. The smallest absolute Gasteiger partial charge is 0.326 e. The van der Waals surface area contributed by atoms with Gasteiger partial charge in [0.05, 0.1) is 6.61 Å². The maximum atomic E-state index is 13.1. The number of carbonyl (C=O) groups excluding carboxylic acids is 5. The van der Waals surface area contributed by atoms with Crippen molar-refractivity contribution in [2.24, 2.45) is 23.3 Å². The molecule has 0 unspecified atom stereocenters. The Hall–Kier alpha value is -3.79. The number of nitrogens with one attached hydrogen (secondary N) is 4. The molecule has 0 aromatic carbocycles. The first kappa shape index (κ1) is 35.2. The summed E-state index contributed by atoms with van der Waals surface area (Å²) in [5, 5.41) is 36.8. The Labute approximate surface area is 225 Å². The van der Waals surface area contributed by atoms with E-state index in [1.54, 1.807) is 27.7 Å². The molecule has 0 heterocycles. The first-order valence-corrected chi connectivity index (χ1v) is 12.3. The topological polar surface area (TPSA) is 280 Å². The molecule has 5 amide bonds. The minimum Gasteiger partial charge on any atom is -0.481 e. The van der Waals surface area contributed by atoms with Crippen LogP contribution in [0.2, 0.25) is 0 Å². The van der Waals surface area contributed by atoms with Gasteiger partial charge in [-0.15, -0.1) is 0 Å². The number of carboxylic acid groups (broad SMARTS) is 2. The molecular weight excluding hydrogens is 520 g/mol. The number of carboxylic acids is 2. The van der Waals surface area contributed by atoms with Gasteiger partial charge in [-0.1, -0.05) is 27.7 Å². The molecule has 16 nitrogen and oxygen atoms in total. The van der Waals surface area contributed by atoms with Gasteiger partial charge in [-0.2, -0.15) is 0 Å². The monoisotopic (exact) mass is 560 g/mol. The molecule has 0 bridgehead atoms. The van der Waals surface area contributed by atoms with E-state index in [-0.39, 0.29) is 12.8 Å². The predicted octanol–water partition coefficient (Wildman–Crippen LogP) is -3.23. The van der Waals surface area contributed by atoms with E-state index in [0.717, 1.165) is 0 Å². The second-order valence-corrected chi connectivity index (χ2v) is 9.65. The van der Waals surface area contributed by atoms with Crippen molar-refractivity contribution in [1.82, 2.24) is 21.3 Å². The molecule has 0 aromatic rings. The molecule has 0 aliphatic carbocycles. The highest BCUT2D eigenvalue weighted by molar-refractivity contribution is 5.95. The molecule has 0 aromatic heterocycles. The fraction of sp³-hybridized carbons (Fsp3) is 0.696. The van der Waals surface area contributed by atoms with Crippen molar-refractivity contribution < 1.29 is 48.9 Å². The fourth-order valence-corrected chi connectivity index (χ4v) is 3.27. The summed E-state index contributed by atoms with van der Waals surface area (Å²) in [7, 11) is 0. The van der Waals surface area contributed by atoms with E-state index in [2.05, 4.69) is 21.3 Å². The van der Waals surface area contributed by atoms with Crippen molar-refractivity contribution in [1.29, 1.82) is 0 Å². The maximum Gasteiger partial charge on any atom is 0.326 e. The number of rotatable bonds is 18. The Morgan fingerprint density at radius 1 is 0.667 bits per heavy atom. The van der Waals surface area contributed by atoms with E-state index < -0.39 is 103 Å². The van der Waals surface area contributed by atoms with Crippen LogP contribution in [-0.4, -0.2) is 93.6 Å². The van der Waals surface area contributed by atoms with Crippen molar-refractivity contribution in [3.05, 3.63) is 0 Å². The Morgan fingerprint density at radius 3 is 1.51 bits per heavy atom. The molecule has 0 fully saturated rings. The Morgan fingerprint density at radius 2 is 1.10 bits per heavy atom. The van der Waals surface area contributed by atoms with Crippen LogP contribution in [0.5, 0.6) is 0 Å². The van der Waals surface area contributed by atoms with Gasteiger partial charge in [0.25, 0.3) is 0 Å². The van der Waals surface area contributed by atoms with Crippen LogP contribution in [0.1, 0.15) is 53.4 Å². The van der Waals surface area contributed by atoms with Gasteiger partial charge in [-0.3, -0.25) is 28.8 Å². The number of aliphatic hydroxyl groups excluding tert-OH is 1. The first-order valence-electron chi connectivity index (χ1n) is 12.3. The molecule has 0 saturated heterocycles. The summed E-state index contributed by atoms with van der Waals surface area (Å²) in [6.45, 7) is 5.57. The summed E-state index contributed by atoms with van der Waals surface area (Å²) in [6, 6.07) is -6.78. The lowest BCUT2D eigenvalue weighted by atomic mass is 10.0. The van der Waals surface area contributed by atoms with Crippen LogP contribution in [0.25, 0.3) is 0 Å². The normalized spacial score (nSPS) is 14.9. The Bertz CT molecular complexity index is 910. The van der Waals surface area contributed by atoms with Gasteiger partial charge in [0.2, 0.25) is 29.5 Å². The quantitative estimate of drug-likeness (QED) is 0.0803. The zero-order chi connectivity index (χ0) is 30.4. The number of nitrogens with two attached hydrogens (primary N) is 2. The van der Waals surface area contributed by atoms with Gasteiger partial charge in [0.1, 0.15) is 30.2 Å². The second kappa shape index (κ2) is 16.9. The summed E-state index contributed by atoms with van der Waals surface area (Å²) in [5.41, 5.74) is 10.6. The van der Waals surface area contributed by atoms with Crippen molar-refractivity contribution in [3.63, 3.8) is 0 Å². The summed E-state index contributed by atoms with van der Waals surface area (Å²) in [4.78, 5) is 84.9. The molecule has 39 heavy (non-hydrogen) atoms. The summed E-state index contributed by atoms with van der Waals surface area (Å²) >= 11 is 0.